The molecule has 0 aliphatic rings. The van der Waals surface area contributed by atoms with E-state index in [4.69, 9.17) is 5.11 Å². The second-order valence-corrected chi connectivity index (χ2v) is 5.76. The molecular weight excluding hydrogens is 248 g/mol. The zero-order valence-electron chi connectivity index (χ0n) is 9.89. The molecule has 0 saturated heterocycles. The molecule has 17 heavy (non-hydrogen) atoms. The molecule has 0 aromatic carbocycles. The zero-order valence-corrected chi connectivity index (χ0v) is 10.7. The number of carbonyl (C=O) groups is 2. The topological polar surface area (TPSA) is 113 Å². The first-order valence-corrected chi connectivity index (χ1v) is 6.86. The van der Waals surface area contributed by atoms with Gasteiger partial charge >= 0.3 is 5.97 Å². The van der Waals surface area contributed by atoms with Crippen LogP contribution in [0.25, 0.3) is 0 Å². The van der Waals surface area contributed by atoms with E-state index in [1.54, 1.807) is 13.8 Å². The first-order chi connectivity index (χ1) is 7.73. The predicted octanol–water partition coefficient (Wildman–Crippen LogP) is -0.705. The number of hydrogen-bond acceptors (Lipinski definition) is 4. The van der Waals surface area contributed by atoms with Crippen molar-refractivity contribution in [2.24, 2.45) is 0 Å². The lowest BCUT2D eigenvalue weighted by Crippen LogP contribution is -2.35. The highest BCUT2D eigenvalue weighted by atomic mass is 32.2. The van der Waals surface area contributed by atoms with Crippen molar-refractivity contribution in [1.29, 1.82) is 0 Å². The van der Waals surface area contributed by atoms with Gasteiger partial charge in [-0.25, -0.2) is 13.1 Å². The summed E-state index contributed by atoms with van der Waals surface area (Å²) in [4.78, 5) is 21.4. The molecule has 8 heteroatoms. The van der Waals surface area contributed by atoms with Crippen molar-refractivity contribution in [1.82, 2.24) is 10.0 Å². The van der Waals surface area contributed by atoms with Crippen LogP contribution in [0.2, 0.25) is 0 Å². The van der Waals surface area contributed by atoms with Gasteiger partial charge < -0.3 is 10.4 Å². The number of carboxylic acids is 1. The quantitative estimate of drug-likeness (QED) is 0.537. The lowest BCUT2D eigenvalue weighted by atomic mass is 10.3. The van der Waals surface area contributed by atoms with Gasteiger partial charge in [-0.15, -0.1) is 0 Å². The normalized spacial score (nSPS) is 11.5. The molecule has 0 aliphatic carbocycles. The first kappa shape index (κ1) is 15.9. The maximum absolute atomic E-state index is 11.2. The van der Waals surface area contributed by atoms with E-state index < -0.39 is 28.2 Å². The molecule has 0 unspecified atom stereocenters. The van der Waals surface area contributed by atoms with Crippen molar-refractivity contribution in [3.05, 3.63) is 0 Å². The lowest BCUT2D eigenvalue weighted by Gasteiger charge is -2.08. The third-order valence-electron chi connectivity index (χ3n) is 1.71. The number of carbonyl (C=O) groups excluding carboxylic acids is 1. The molecule has 0 aromatic rings. The highest BCUT2D eigenvalue weighted by molar-refractivity contribution is 7.89. The number of hydrogen-bond donors (Lipinski definition) is 3. The monoisotopic (exact) mass is 266 g/mol. The fourth-order valence-corrected chi connectivity index (χ4v) is 2.01. The molecule has 0 fully saturated rings. The van der Waals surface area contributed by atoms with Crippen LogP contribution >= 0.6 is 0 Å². The van der Waals surface area contributed by atoms with Crippen LogP contribution in [0.15, 0.2) is 0 Å². The second-order valence-electron chi connectivity index (χ2n) is 3.83. The van der Waals surface area contributed by atoms with Gasteiger partial charge in [0.2, 0.25) is 15.9 Å². The number of amides is 1. The predicted molar refractivity (Wildman–Crippen MR) is 61.9 cm³/mol. The lowest BCUT2D eigenvalue weighted by molar-refractivity contribution is -0.136. The van der Waals surface area contributed by atoms with Gasteiger partial charge in [-0.2, -0.15) is 0 Å². The molecular formula is C9H18N2O5S. The average molecular weight is 266 g/mol. The van der Waals surface area contributed by atoms with E-state index >= 15 is 0 Å². The van der Waals surface area contributed by atoms with Crippen LogP contribution in [-0.4, -0.2) is 43.7 Å². The van der Waals surface area contributed by atoms with Gasteiger partial charge in [0.1, 0.15) is 0 Å². The number of sulfonamides is 1. The average Bonchev–Trinajstić information content (AvgIpc) is 2.13. The smallest absolute Gasteiger partial charge is 0.304 e. The summed E-state index contributed by atoms with van der Waals surface area (Å²) in [7, 11) is -3.61. The maximum Gasteiger partial charge on any atom is 0.304 e. The molecule has 0 radical (unpaired) electrons. The van der Waals surface area contributed by atoms with Crippen molar-refractivity contribution in [3.63, 3.8) is 0 Å². The van der Waals surface area contributed by atoms with Crippen molar-refractivity contribution in [2.75, 3.05) is 12.3 Å². The van der Waals surface area contributed by atoms with Crippen molar-refractivity contribution < 1.29 is 23.1 Å². The minimum Gasteiger partial charge on any atom is -0.481 e. The molecule has 0 aliphatic heterocycles. The van der Waals surface area contributed by atoms with Crippen LogP contribution in [0.4, 0.5) is 0 Å². The number of rotatable bonds is 8. The number of nitrogens with one attached hydrogen (secondary N) is 2. The molecule has 0 heterocycles. The Kier molecular flexibility index (Phi) is 6.74. The summed E-state index contributed by atoms with van der Waals surface area (Å²) in [5, 5.41) is 10.9. The molecule has 100 valence electrons. The summed E-state index contributed by atoms with van der Waals surface area (Å²) < 4.78 is 24.6. The fraction of sp³-hybridized carbons (Fsp3) is 0.778. The molecule has 0 aromatic heterocycles. The van der Waals surface area contributed by atoms with Gasteiger partial charge in [0, 0.05) is 19.0 Å². The Hall–Kier alpha value is -1.15. The highest BCUT2D eigenvalue weighted by Gasteiger charge is 2.13. The minimum atomic E-state index is -3.61. The minimum absolute atomic E-state index is 0.00566. The third kappa shape index (κ3) is 9.76. The summed E-state index contributed by atoms with van der Waals surface area (Å²) in [5.74, 6) is -1.90. The van der Waals surface area contributed by atoms with Gasteiger partial charge in [-0.3, -0.25) is 9.59 Å². The van der Waals surface area contributed by atoms with Crippen LogP contribution in [-0.2, 0) is 19.6 Å². The fourth-order valence-electron chi connectivity index (χ4n) is 1.01. The van der Waals surface area contributed by atoms with E-state index in [1.807, 2.05) is 0 Å². The standard InChI is InChI=1S/C9H18N2O5S/c1-7(2)11-8(12)3-5-10-17(15,16)6-4-9(13)14/h7,10H,3-6H2,1-2H3,(H,11,12)(H,13,14). The van der Waals surface area contributed by atoms with E-state index in [1.165, 1.54) is 0 Å². The van der Waals surface area contributed by atoms with E-state index in [2.05, 4.69) is 10.0 Å². The zero-order chi connectivity index (χ0) is 13.5. The summed E-state index contributed by atoms with van der Waals surface area (Å²) >= 11 is 0. The van der Waals surface area contributed by atoms with E-state index in [9.17, 15) is 18.0 Å². The highest BCUT2D eigenvalue weighted by Crippen LogP contribution is 1.91. The van der Waals surface area contributed by atoms with Gasteiger partial charge in [0.05, 0.1) is 12.2 Å². The largest absolute Gasteiger partial charge is 0.481 e. The van der Waals surface area contributed by atoms with Crippen LogP contribution in [0, 0.1) is 0 Å². The molecule has 0 rings (SSSR count). The van der Waals surface area contributed by atoms with Crippen molar-refractivity contribution >= 4 is 21.9 Å². The van der Waals surface area contributed by atoms with Crippen LogP contribution < -0.4 is 10.0 Å². The van der Waals surface area contributed by atoms with E-state index in [0.29, 0.717) is 0 Å². The number of carboxylic acid groups (broad SMARTS) is 1. The summed E-state index contributed by atoms with van der Waals surface area (Å²) in [5.41, 5.74) is 0. The van der Waals surface area contributed by atoms with Gasteiger partial charge in [-0.05, 0) is 13.8 Å². The van der Waals surface area contributed by atoms with E-state index in [-0.39, 0.29) is 24.9 Å². The van der Waals surface area contributed by atoms with Crippen LogP contribution in [0.5, 0.6) is 0 Å². The third-order valence-corrected chi connectivity index (χ3v) is 3.09. The molecule has 0 atom stereocenters. The maximum atomic E-state index is 11.2. The molecule has 3 N–H and O–H groups in total. The number of aliphatic carboxylic acids is 1. The Bertz CT molecular complexity index is 364. The van der Waals surface area contributed by atoms with Gasteiger partial charge in [0.25, 0.3) is 0 Å². The molecule has 7 nitrogen and oxygen atoms in total. The van der Waals surface area contributed by atoms with Crippen molar-refractivity contribution in [2.45, 2.75) is 32.7 Å². The second kappa shape index (κ2) is 7.23. The molecule has 0 spiro atoms. The summed E-state index contributed by atoms with van der Waals surface area (Å²) in [6.45, 7) is 3.57. The Morgan fingerprint density at radius 3 is 2.29 bits per heavy atom. The van der Waals surface area contributed by atoms with Gasteiger partial charge in [-0.1, -0.05) is 0 Å². The van der Waals surface area contributed by atoms with Crippen LogP contribution in [0.3, 0.4) is 0 Å². The molecule has 0 bridgehead atoms. The molecule has 0 saturated carbocycles. The van der Waals surface area contributed by atoms with Crippen molar-refractivity contribution in [3.8, 4) is 0 Å². The Balaban J connectivity index is 3.87. The SMILES string of the molecule is CC(C)NC(=O)CCNS(=O)(=O)CCC(=O)O. The van der Waals surface area contributed by atoms with Gasteiger partial charge in [0.15, 0.2) is 0 Å². The summed E-state index contributed by atoms with van der Waals surface area (Å²) in [6.07, 6.45) is -0.419. The van der Waals surface area contributed by atoms with E-state index in [0.717, 1.165) is 0 Å². The molecule has 1 amide bonds. The summed E-state index contributed by atoms with van der Waals surface area (Å²) in [6, 6.07) is 0.00566. The Morgan fingerprint density at radius 2 is 1.82 bits per heavy atom. The van der Waals surface area contributed by atoms with Crippen LogP contribution in [0.1, 0.15) is 26.7 Å². The first-order valence-electron chi connectivity index (χ1n) is 5.21. The Morgan fingerprint density at radius 1 is 1.24 bits per heavy atom. The Labute approximate surface area is 101 Å².